The molecule has 1 spiro atoms. The molecule has 202 valence electrons. The maximum absolute atomic E-state index is 13.4. The van der Waals surface area contributed by atoms with Gasteiger partial charge in [0.05, 0.1) is 19.6 Å². The summed E-state index contributed by atoms with van der Waals surface area (Å²) in [6.45, 7) is 7.32. The molecule has 1 aliphatic heterocycles. The minimum Gasteiger partial charge on any atom is -0.497 e. The summed E-state index contributed by atoms with van der Waals surface area (Å²) in [5.74, 6) is 0.0106. The molecule has 5 rings (SSSR count). The number of hydrogen-bond donors (Lipinski definition) is 1. The smallest absolute Gasteiger partial charge is 0.329 e. The first-order valence-corrected chi connectivity index (χ1v) is 13.6. The fourth-order valence-corrected chi connectivity index (χ4v) is 8.31. The zero-order valence-electron chi connectivity index (χ0n) is 22.7. The molecule has 0 aromatic heterocycles. The fourth-order valence-electron chi connectivity index (χ4n) is 8.31. The summed E-state index contributed by atoms with van der Waals surface area (Å²) in [5, 5.41) is 12.0. The summed E-state index contributed by atoms with van der Waals surface area (Å²) in [5.41, 5.74) is 1.19. The predicted octanol–water partition coefficient (Wildman–Crippen LogP) is 3.86. The van der Waals surface area contributed by atoms with Crippen LogP contribution in [-0.2, 0) is 19.1 Å². The Balaban J connectivity index is 1.22. The average Bonchev–Trinajstić information content (AvgIpc) is 3.25. The average molecular weight is 520 g/mol. The minimum absolute atomic E-state index is 0.0650. The number of nitrogens with zero attached hydrogens (tertiary/aromatic N) is 2. The normalized spacial score (nSPS) is 32.9. The summed E-state index contributed by atoms with van der Waals surface area (Å²) >= 11 is 0. The molecule has 0 radical (unpaired) electrons. The van der Waals surface area contributed by atoms with Crippen molar-refractivity contribution in [3.63, 3.8) is 0 Å². The zero-order valence-corrected chi connectivity index (χ0v) is 22.7. The number of amides is 2. The van der Waals surface area contributed by atoms with Gasteiger partial charge < -0.3 is 19.7 Å². The predicted molar refractivity (Wildman–Crippen MR) is 140 cm³/mol. The minimum atomic E-state index is -1.04. The number of esters is 1. The Hall–Kier alpha value is -3.34. The second-order valence-electron chi connectivity index (χ2n) is 11.9. The van der Waals surface area contributed by atoms with E-state index in [9.17, 15) is 19.6 Å². The van der Waals surface area contributed by atoms with Gasteiger partial charge in [0.15, 0.2) is 0 Å². The van der Waals surface area contributed by atoms with E-state index in [1.807, 2.05) is 18.2 Å². The van der Waals surface area contributed by atoms with Crippen LogP contribution in [0.25, 0.3) is 6.08 Å². The maximum atomic E-state index is 13.4. The van der Waals surface area contributed by atoms with E-state index in [0.717, 1.165) is 12.0 Å². The number of nitriles is 1. The number of carbonyl (C=O) groups excluding carboxylic acids is 3. The van der Waals surface area contributed by atoms with Gasteiger partial charge in [-0.1, -0.05) is 32.9 Å². The lowest BCUT2D eigenvalue weighted by molar-refractivity contribution is -0.177. The van der Waals surface area contributed by atoms with E-state index in [-0.39, 0.29) is 34.7 Å². The molecule has 1 aromatic carbocycles. The summed E-state index contributed by atoms with van der Waals surface area (Å²) in [6, 6.07) is 7.49. The van der Waals surface area contributed by atoms with E-state index >= 15 is 0 Å². The number of ether oxygens (including phenoxy) is 2. The number of rotatable bonds is 8. The van der Waals surface area contributed by atoms with Crippen molar-refractivity contribution in [2.24, 2.45) is 22.2 Å². The third kappa shape index (κ3) is 3.73. The van der Waals surface area contributed by atoms with Gasteiger partial charge in [0, 0.05) is 18.0 Å². The van der Waals surface area contributed by atoms with Crippen LogP contribution in [0.1, 0.15) is 64.9 Å². The third-order valence-corrected chi connectivity index (χ3v) is 10.4. The molecular weight excluding hydrogens is 482 g/mol. The summed E-state index contributed by atoms with van der Waals surface area (Å²) in [4.78, 5) is 40.9. The lowest BCUT2D eigenvalue weighted by atomic mass is 9.64. The van der Waals surface area contributed by atoms with Crippen LogP contribution in [-0.4, -0.2) is 54.5 Å². The first kappa shape index (κ1) is 26.3. The van der Waals surface area contributed by atoms with Crippen molar-refractivity contribution in [2.45, 2.75) is 77.5 Å². The van der Waals surface area contributed by atoms with E-state index < -0.39 is 23.9 Å². The van der Waals surface area contributed by atoms with Crippen LogP contribution in [0, 0.1) is 33.5 Å². The monoisotopic (exact) mass is 519 g/mol. The molecule has 8 heteroatoms. The van der Waals surface area contributed by atoms with Gasteiger partial charge in [-0.3, -0.25) is 9.59 Å². The lowest BCUT2D eigenvalue weighted by Gasteiger charge is -2.46. The number of hydrogen-bond acceptors (Lipinski definition) is 6. The molecule has 4 aliphatic rings. The summed E-state index contributed by atoms with van der Waals surface area (Å²) in [7, 11) is 1.57. The van der Waals surface area contributed by atoms with Gasteiger partial charge >= 0.3 is 5.97 Å². The molecule has 4 fully saturated rings. The fraction of sp³-hybridized carbons (Fsp3) is 0.600. The molecule has 3 saturated carbocycles. The molecule has 6 atom stereocenters. The molecule has 2 amide bonds. The Kier molecular flexibility index (Phi) is 6.53. The summed E-state index contributed by atoms with van der Waals surface area (Å²) < 4.78 is 11.3. The second kappa shape index (κ2) is 9.44. The SMILES string of the molecule is COc1cccc(/C=C/C(=O)NC(CC#N)C(=O)N2CCCC2C(=O)OC2CC3CCC4(C)C(C)(C)C324)c1. The van der Waals surface area contributed by atoms with E-state index in [1.54, 1.807) is 25.3 Å². The standard InChI is InChI=1S/C30H37N3O5/c1-28(2)29(3)14-12-20-18-24(30(20,28)29)38-27(36)23-9-6-16-33(23)26(35)22(13-15-31)32-25(34)11-10-19-7-5-8-21(17-19)37-4/h5,7-8,10-11,17,20,22-24H,6,9,12-14,16,18H2,1-4H3,(H,32,34)/b11-10+. The molecule has 0 bridgehead atoms. The topological polar surface area (TPSA) is 109 Å². The van der Waals surface area contributed by atoms with Crippen LogP contribution < -0.4 is 10.1 Å². The second-order valence-corrected chi connectivity index (χ2v) is 11.9. The number of methoxy groups -OCH3 is 1. The van der Waals surface area contributed by atoms with Crippen LogP contribution in [0.15, 0.2) is 30.3 Å². The highest BCUT2D eigenvalue weighted by Gasteiger charge is 2.91. The Morgan fingerprint density at radius 2 is 2.05 bits per heavy atom. The van der Waals surface area contributed by atoms with Crippen LogP contribution in [0.2, 0.25) is 0 Å². The highest BCUT2D eigenvalue weighted by molar-refractivity contribution is 5.96. The molecular formula is C30H37N3O5. The van der Waals surface area contributed by atoms with Gasteiger partial charge in [-0.25, -0.2) is 4.79 Å². The highest BCUT2D eigenvalue weighted by atomic mass is 16.5. The first-order valence-electron chi connectivity index (χ1n) is 13.6. The van der Waals surface area contributed by atoms with E-state index in [4.69, 9.17) is 9.47 Å². The van der Waals surface area contributed by atoms with Crippen molar-refractivity contribution < 1.29 is 23.9 Å². The molecule has 8 nitrogen and oxygen atoms in total. The molecule has 1 saturated heterocycles. The van der Waals surface area contributed by atoms with Crippen LogP contribution >= 0.6 is 0 Å². The Morgan fingerprint density at radius 3 is 2.74 bits per heavy atom. The van der Waals surface area contributed by atoms with Gasteiger partial charge in [-0.2, -0.15) is 5.26 Å². The Labute approximate surface area is 224 Å². The lowest BCUT2D eigenvalue weighted by Crippen LogP contribution is -2.54. The molecule has 3 aliphatic carbocycles. The van der Waals surface area contributed by atoms with Crippen LogP contribution in [0.5, 0.6) is 5.75 Å². The largest absolute Gasteiger partial charge is 0.497 e. The van der Waals surface area contributed by atoms with Crippen LogP contribution in [0.4, 0.5) is 0 Å². The quantitative estimate of drug-likeness (QED) is 0.413. The molecule has 6 unspecified atom stereocenters. The number of carbonyl (C=O) groups is 3. The van der Waals surface area contributed by atoms with E-state index in [1.165, 1.54) is 23.8 Å². The molecule has 1 heterocycles. The van der Waals surface area contributed by atoms with E-state index in [0.29, 0.717) is 31.1 Å². The molecule has 38 heavy (non-hydrogen) atoms. The molecule has 1 aromatic rings. The van der Waals surface area contributed by atoms with Crippen molar-refractivity contribution >= 4 is 23.9 Å². The van der Waals surface area contributed by atoms with Crippen molar-refractivity contribution in [1.29, 1.82) is 5.26 Å². The van der Waals surface area contributed by atoms with Crippen molar-refractivity contribution in [2.75, 3.05) is 13.7 Å². The van der Waals surface area contributed by atoms with Gasteiger partial charge in [-0.15, -0.1) is 0 Å². The summed E-state index contributed by atoms with van der Waals surface area (Å²) in [6.07, 6.45) is 7.13. The van der Waals surface area contributed by atoms with E-state index in [2.05, 4.69) is 26.1 Å². The van der Waals surface area contributed by atoms with Gasteiger partial charge in [0.1, 0.15) is 23.9 Å². The van der Waals surface area contributed by atoms with Gasteiger partial charge in [0.25, 0.3) is 0 Å². The number of nitrogens with one attached hydrogen (secondary N) is 1. The van der Waals surface area contributed by atoms with Crippen molar-refractivity contribution in [3.8, 4) is 11.8 Å². The van der Waals surface area contributed by atoms with Crippen molar-refractivity contribution in [3.05, 3.63) is 35.9 Å². The van der Waals surface area contributed by atoms with Gasteiger partial charge in [0.2, 0.25) is 11.8 Å². The van der Waals surface area contributed by atoms with Crippen molar-refractivity contribution in [1.82, 2.24) is 10.2 Å². The van der Waals surface area contributed by atoms with Gasteiger partial charge in [-0.05, 0) is 72.6 Å². The third-order valence-electron chi connectivity index (χ3n) is 10.4. The zero-order chi connectivity index (χ0) is 27.3. The maximum Gasteiger partial charge on any atom is 0.329 e. The number of benzene rings is 1. The Morgan fingerprint density at radius 1 is 1.26 bits per heavy atom. The first-order chi connectivity index (χ1) is 18.1. The number of likely N-dealkylation sites (tertiary alicyclic amines) is 1. The Bertz CT molecular complexity index is 1220. The van der Waals surface area contributed by atoms with Crippen LogP contribution in [0.3, 0.4) is 0 Å². The highest BCUT2D eigenvalue weighted by Crippen LogP contribution is 2.93. The molecule has 1 N–H and O–H groups in total.